The summed E-state index contributed by atoms with van der Waals surface area (Å²) in [6, 6.07) is 0.602. The lowest BCUT2D eigenvalue weighted by molar-refractivity contribution is 0.346. The monoisotopic (exact) mass is 220 g/mol. The summed E-state index contributed by atoms with van der Waals surface area (Å²) in [5.41, 5.74) is 0. The lowest BCUT2D eigenvalue weighted by Gasteiger charge is -2.23. The molecule has 2 heterocycles. The van der Waals surface area contributed by atoms with Crippen LogP contribution in [0.3, 0.4) is 0 Å². The number of hydrogen-bond acceptors (Lipinski definition) is 3. The van der Waals surface area contributed by atoms with Crippen molar-refractivity contribution in [3.8, 4) is 0 Å². The Kier molecular flexibility index (Phi) is 2.91. The van der Waals surface area contributed by atoms with Gasteiger partial charge in [-0.05, 0) is 32.2 Å². The van der Waals surface area contributed by atoms with E-state index in [1.54, 1.807) is 0 Å². The lowest BCUT2D eigenvalue weighted by Crippen LogP contribution is -2.37. The average Bonchev–Trinajstić information content (AvgIpc) is 2.65. The fourth-order valence-electron chi connectivity index (χ4n) is 2.56. The number of nitrogens with zero attached hydrogens (tertiary/aromatic N) is 3. The van der Waals surface area contributed by atoms with Crippen LogP contribution in [0.5, 0.6) is 0 Å². The fourth-order valence-corrected chi connectivity index (χ4v) is 2.56. The highest BCUT2D eigenvalue weighted by molar-refractivity contribution is 4.98. The van der Waals surface area contributed by atoms with Crippen LogP contribution in [0.4, 0.5) is 0 Å². The van der Waals surface area contributed by atoms with Gasteiger partial charge >= 0.3 is 0 Å². The molecule has 3 rings (SSSR count). The molecule has 1 saturated heterocycles. The van der Waals surface area contributed by atoms with Gasteiger partial charge in [0, 0.05) is 12.0 Å². The van der Waals surface area contributed by atoms with Crippen LogP contribution in [0, 0.1) is 0 Å². The van der Waals surface area contributed by atoms with Crippen LogP contribution in [-0.2, 0) is 6.54 Å². The third-order valence-corrected chi connectivity index (χ3v) is 3.84. The van der Waals surface area contributed by atoms with Crippen molar-refractivity contribution in [2.45, 2.75) is 57.0 Å². The normalized spacial score (nSPS) is 26.6. The Balaban J connectivity index is 1.58. The Morgan fingerprint density at radius 3 is 2.88 bits per heavy atom. The number of piperidine rings is 1. The predicted molar refractivity (Wildman–Crippen MR) is 62.3 cm³/mol. The highest BCUT2D eigenvalue weighted by atomic mass is 15.3. The molecule has 1 aromatic rings. The Labute approximate surface area is 96.4 Å². The molecule has 0 aromatic carbocycles. The number of nitrogens with one attached hydrogen (secondary N) is 1. The minimum absolute atomic E-state index is 0.602. The molecule has 1 saturated carbocycles. The first kappa shape index (κ1) is 10.3. The van der Waals surface area contributed by atoms with Crippen molar-refractivity contribution in [1.82, 2.24) is 20.1 Å². The molecule has 4 nitrogen and oxygen atoms in total. The summed E-state index contributed by atoms with van der Waals surface area (Å²) in [7, 11) is 0. The first-order valence-electron chi connectivity index (χ1n) is 6.54. The van der Waals surface area contributed by atoms with E-state index >= 15 is 0 Å². The summed E-state index contributed by atoms with van der Waals surface area (Å²) in [5, 5.41) is 8.14. The molecule has 1 atom stereocenters. The summed E-state index contributed by atoms with van der Waals surface area (Å²) in [5.74, 6) is 1.72. The Bertz CT molecular complexity index is 337. The first-order chi connectivity index (χ1) is 7.92. The van der Waals surface area contributed by atoms with Crippen LogP contribution >= 0.6 is 0 Å². The molecule has 88 valence electrons. The summed E-state index contributed by atoms with van der Waals surface area (Å²) in [6.07, 6.45) is 9.77. The zero-order valence-corrected chi connectivity index (χ0v) is 9.73. The van der Waals surface area contributed by atoms with Crippen molar-refractivity contribution in [3.63, 3.8) is 0 Å². The molecule has 1 aliphatic carbocycles. The molecular weight excluding hydrogens is 200 g/mol. The van der Waals surface area contributed by atoms with Crippen LogP contribution < -0.4 is 5.32 Å². The molecule has 0 spiro atoms. The van der Waals surface area contributed by atoms with Crippen LogP contribution in [0.25, 0.3) is 0 Å². The van der Waals surface area contributed by atoms with E-state index < -0.39 is 0 Å². The van der Waals surface area contributed by atoms with E-state index in [9.17, 15) is 0 Å². The maximum absolute atomic E-state index is 4.59. The lowest BCUT2D eigenvalue weighted by atomic mass is 9.85. The summed E-state index contributed by atoms with van der Waals surface area (Å²) in [4.78, 5) is 4.43. The SMILES string of the molecule is c1nc(C2CCC2)nn1CC1CCCCN1. The third kappa shape index (κ3) is 2.12. The maximum atomic E-state index is 4.59. The molecule has 2 aliphatic rings. The van der Waals surface area contributed by atoms with Crippen molar-refractivity contribution >= 4 is 0 Å². The van der Waals surface area contributed by atoms with Crippen LogP contribution in [0.1, 0.15) is 50.3 Å². The van der Waals surface area contributed by atoms with E-state index in [0.717, 1.165) is 18.9 Å². The summed E-state index contributed by atoms with van der Waals surface area (Å²) < 4.78 is 2.02. The number of rotatable bonds is 3. The smallest absolute Gasteiger partial charge is 0.153 e. The standard InChI is InChI=1S/C12H20N4/c1-2-7-13-11(6-1)8-16-9-14-12(15-16)10-4-3-5-10/h9-11,13H,1-8H2. The molecule has 0 bridgehead atoms. The van der Waals surface area contributed by atoms with Gasteiger partial charge < -0.3 is 5.32 Å². The van der Waals surface area contributed by atoms with E-state index in [0.29, 0.717) is 12.0 Å². The van der Waals surface area contributed by atoms with E-state index in [1.165, 1.54) is 38.5 Å². The molecule has 1 aliphatic heterocycles. The van der Waals surface area contributed by atoms with Gasteiger partial charge in [0.2, 0.25) is 0 Å². The van der Waals surface area contributed by atoms with E-state index in [1.807, 2.05) is 11.0 Å². The fraction of sp³-hybridized carbons (Fsp3) is 0.833. The zero-order valence-electron chi connectivity index (χ0n) is 9.73. The Hall–Kier alpha value is -0.900. The second-order valence-electron chi connectivity index (χ2n) is 5.10. The Morgan fingerprint density at radius 2 is 2.19 bits per heavy atom. The molecule has 1 N–H and O–H groups in total. The van der Waals surface area contributed by atoms with E-state index in [2.05, 4.69) is 15.4 Å². The molecule has 16 heavy (non-hydrogen) atoms. The molecule has 0 amide bonds. The maximum Gasteiger partial charge on any atom is 0.153 e. The molecule has 0 radical (unpaired) electrons. The van der Waals surface area contributed by atoms with Gasteiger partial charge in [0.1, 0.15) is 6.33 Å². The summed E-state index contributed by atoms with van der Waals surface area (Å²) in [6.45, 7) is 2.15. The van der Waals surface area contributed by atoms with Crippen molar-refractivity contribution in [1.29, 1.82) is 0 Å². The topological polar surface area (TPSA) is 42.7 Å². The van der Waals surface area contributed by atoms with Gasteiger partial charge in [0.05, 0.1) is 6.54 Å². The molecule has 2 fully saturated rings. The minimum atomic E-state index is 0.602. The van der Waals surface area contributed by atoms with Gasteiger partial charge in [-0.2, -0.15) is 5.10 Å². The average molecular weight is 220 g/mol. The van der Waals surface area contributed by atoms with E-state index in [4.69, 9.17) is 0 Å². The predicted octanol–water partition coefficient (Wildman–Crippen LogP) is 1.69. The van der Waals surface area contributed by atoms with Gasteiger partial charge in [-0.1, -0.05) is 12.8 Å². The quantitative estimate of drug-likeness (QED) is 0.843. The second kappa shape index (κ2) is 4.53. The largest absolute Gasteiger partial charge is 0.312 e. The number of hydrogen-bond donors (Lipinski definition) is 1. The first-order valence-corrected chi connectivity index (χ1v) is 6.54. The Morgan fingerprint density at radius 1 is 1.25 bits per heavy atom. The highest BCUT2D eigenvalue weighted by Gasteiger charge is 2.23. The molecule has 4 heteroatoms. The molecule has 1 unspecified atom stereocenters. The second-order valence-corrected chi connectivity index (χ2v) is 5.10. The van der Waals surface area contributed by atoms with Gasteiger partial charge in [-0.3, -0.25) is 4.68 Å². The van der Waals surface area contributed by atoms with Crippen molar-refractivity contribution in [3.05, 3.63) is 12.2 Å². The van der Waals surface area contributed by atoms with Crippen LogP contribution in [0.2, 0.25) is 0 Å². The highest BCUT2D eigenvalue weighted by Crippen LogP contribution is 2.33. The van der Waals surface area contributed by atoms with Crippen molar-refractivity contribution < 1.29 is 0 Å². The van der Waals surface area contributed by atoms with Gasteiger partial charge in [0.25, 0.3) is 0 Å². The van der Waals surface area contributed by atoms with Gasteiger partial charge in [-0.15, -0.1) is 0 Å². The third-order valence-electron chi connectivity index (χ3n) is 3.84. The summed E-state index contributed by atoms with van der Waals surface area (Å²) >= 11 is 0. The zero-order chi connectivity index (χ0) is 10.8. The van der Waals surface area contributed by atoms with Crippen molar-refractivity contribution in [2.75, 3.05) is 6.54 Å². The minimum Gasteiger partial charge on any atom is -0.312 e. The van der Waals surface area contributed by atoms with Crippen LogP contribution in [-0.4, -0.2) is 27.4 Å². The van der Waals surface area contributed by atoms with Crippen molar-refractivity contribution in [2.24, 2.45) is 0 Å². The molecule has 1 aromatic heterocycles. The van der Waals surface area contributed by atoms with Gasteiger partial charge in [-0.25, -0.2) is 4.98 Å². The van der Waals surface area contributed by atoms with Gasteiger partial charge in [0.15, 0.2) is 5.82 Å². The van der Waals surface area contributed by atoms with Crippen LogP contribution in [0.15, 0.2) is 6.33 Å². The number of aromatic nitrogens is 3. The molecular formula is C12H20N4. The van der Waals surface area contributed by atoms with E-state index in [-0.39, 0.29) is 0 Å².